The molecule has 1 amide bonds. The third kappa shape index (κ3) is 4.05. The molecule has 0 spiro atoms. The Hall–Kier alpha value is -2.43. The number of rotatable bonds is 5. The van der Waals surface area contributed by atoms with Crippen molar-refractivity contribution < 1.29 is 9.21 Å². The highest BCUT2D eigenvalue weighted by atomic mass is 16.3. The van der Waals surface area contributed by atoms with Gasteiger partial charge in [-0.3, -0.25) is 9.78 Å². The minimum Gasteiger partial charge on any atom is -0.466 e. The fourth-order valence-electron chi connectivity index (χ4n) is 1.69. The number of nitrogens with zero attached hydrogens (tertiary/aromatic N) is 2. The summed E-state index contributed by atoms with van der Waals surface area (Å²) in [4.78, 5) is 15.6. The highest BCUT2D eigenvalue weighted by molar-refractivity contribution is 5.94. The van der Waals surface area contributed by atoms with Crippen molar-refractivity contribution >= 4 is 11.6 Å². The Morgan fingerprint density at radius 3 is 2.90 bits per heavy atom. The van der Waals surface area contributed by atoms with E-state index in [1.165, 1.54) is 6.20 Å². The SMILES string of the molecule is CC(CCc1ccc(C)o1)=NNC(=O)c1cccnc1. The molecule has 20 heavy (non-hydrogen) atoms. The molecule has 0 aromatic carbocycles. The Bertz CT molecular complexity index is 603. The summed E-state index contributed by atoms with van der Waals surface area (Å²) in [5.41, 5.74) is 3.85. The largest absolute Gasteiger partial charge is 0.466 e. The first-order valence-corrected chi connectivity index (χ1v) is 6.44. The lowest BCUT2D eigenvalue weighted by molar-refractivity contribution is 0.0954. The average molecular weight is 271 g/mol. The van der Waals surface area contributed by atoms with E-state index in [9.17, 15) is 4.79 Å². The van der Waals surface area contributed by atoms with Gasteiger partial charge in [-0.05, 0) is 44.5 Å². The number of carbonyl (C=O) groups excluding carboxylic acids is 1. The Labute approximate surface area is 117 Å². The van der Waals surface area contributed by atoms with E-state index in [0.29, 0.717) is 5.56 Å². The maximum atomic E-state index is 11.7. The summed E-state index contributed by atoms with van der Waals surface area (Å²) in [6, 6.07) is 7.30. The van der Waals surface area contributed by atoms with Gasteiger partial charge in [0.25, 0.3) is 5.91 Å². The number of hydrogen-bond donors (Lipinski definition) is 1. The fraction of sp³-hybridized carbons (Fsp3) is 0.267. The van der Waals surface area contributed by atoms with Crippen molar-refractivity contribution in [1.29, 1.82) is 0 Å². The minimum absolute atomic E-state index is 0.258. The van der Waals surface area contributed by atoms with E-state index in [1.54, 1.807) is 18.3 Å². The number of nitrogens with one attached hydrogen (secondary N) is 1. The summed E-state index contributed by atoms with van der Waals surface area (Å²) in [6.45, 7) is 3.79. The average Bonchev–Trinajstić information content (AvgIpc) is 2.89. The summed E-state index contributed by atoms with van der Waals surface area (Å²) in [6.07, 6.45) is 4.63. The van der Waals surface area contributed by atoms with Crippen molar-refractivity contribution in [3.63, 3.8) is 0 Å². The van der Waals surface area contributed by atoms with E-state index in [-0.39, 0.29) is 5.91 Å². The number of hydrogen-bond acceptors (Lipinski definition) is 4. The third-order valence-electron chi connectivity index (χ3n) is 2.80. The molecule has 104 valence electrons. The first kappa shape index (κ1) is 14.0. The predicted octanol–water partition coefficient (Wildman–Crippen LogP) is 2.72. The smallest absolute Gasteiger partial charge is 0.272 e. The molecule has 0 aliphatic carbocycles. The molecular formula is C15H17N3O2. The molecule has 2 aromatic rings. The minimum atomic E-state index is -0.258. The van der Waals surface area contributed by atoms with Crippen LogP contribution in [0, 0.1) is 6.92 Å². The zero-order valence-corrected chi connectivity index (χ0v) is 11.6. The van der Waals surface area contributed by atoms with Crippen LogP contribution >= 0.6 is 0 Å². The lowest BCUT2D eigenvalue weighted by Gasteiger charge is -2.01. The molecule has 0 aliphatic heterocycles. The molecular weight excluding hydrogens is 254 g/mol. The number of hydrazone groups is 1. The van der Waals surface area contributed by atoms with E-state index in [0.717, 1.165) is 30.1 Å². The Morgan fingerprint density at radius 1 is 1.40 bits per heavy atom. The first-order chi connectivity index (χ1) is 9.65. The molecule has 0 saturated heterocycles. The lowest BCUT2D eigenvalue weighted by Crippen LogP contribution is -2.19. The number of amides is 1. The van der Waals surface area contributed by atoms with E-state index in [1.807, 2.05) is 26.0 Å². The number of carbonyl (C=O) groups is 1. The third-order valence-corrected chi connectivity index (χ3v) is 2.80. The summed E-state index contributed by atoms with van der Waals surface area (Å²) < 4.78 is 5.48. The number of aryl methyl sites for hydroxylation is 2. The van der Waals surface area contributed by atoms with Gasteiger partial charge in [-0.25, -0.2) is 5.43 Å². The molecule has 5 heteroatoms. The summed E-state index contributed by atoms with van der Waals surface area (Å²) in [5, 5.41) is 4.07. The maximum absolute atomic E-state index is 11.7. The van der Waals surface area contributed by atoms with Crippen LogP contribution in [0.2, 0.25) is 0 Å². The number of pyridine rings is 1. The molecule has 2 rings (SSSR count). The van der Waals surface area contributed by atoms with Crippen LogP contribution in [0.5, 0.6) is 0 Å². The number of aromatic nitrogens is 1. The molecule has 2 aromatic heterocycles. The van der Waals surface area contributed by atoms with E-state index in [2.05, 4.69) is 15.5 Å². The fourth-order valence-corrected chi connectivity index (χ4v) is 1.69. The molecule has 0 unspecified atom stereocenters. The van der Waals surface area contributed by atoms with Crippen molar-refractivity contribution in [3.8, 4) is 0 Å². The molecule has 0 atom stereocenters. The van der Waals surface area contributed by atoms with Crippen LogP contribution in [0.3, 0.4) is 0 Å². The highest BCUT2D eigenvalue weighted by Crippen LogP contribution is 2.08. The maximum Gasteiger partial charge on any atom is 0.272 e. The van der Waals surface area contributed by atoms with Crippen molar-refractivity contribution in [1.82, 2.24) is 10.4 Å². The Balaban J connectivity index is 1.83. The molecule has 2 heterocycles. The van der Waals surface area contributed by atoms with Crippen LogP contribution in [0.1, 0.15) is 35.2 Å². The van der Waals surface area contributed by atoms with Crippen LogP contribution in [-0.4, -0.2) is 16.6 Å². The quantitative estimate of drug-likeness (QED) is 0.671. The zero-order chi connectivity index (χ0) is 14.4. The van der Waals surface area contributed by atoms with Crippen LogP contribution < -0.4 is 5.43 Å². The molecule has 0 radical (unpaired) electrons. The monoisotopic (exact) mass is 271 g/mol. The highest BCUT2D eigenvalue weighted by Gasteiger charge is 2.04. The van der Waals surface area contributed by atoms with Gasteiger partial charge in [-0.15, -0.1) is 0 Å². The Kier molecular flexibility index (Phi) is 4.65. The van der Waals surface area contributed by atoms with Gasteiger partial charge >= 0.3 is 0 Å². The summed E-state index contributed by atoms with van der Waals surface area (Å²) in [7, 11) is 0. The molecule has 0 aliphatic rings. The van der Waals surface area contributed by atoms with Crippen LogP contribution in [0.4, 0.5) is 0 Å². The van der Waals surface area contributed by atoms with Crippen LogP contribution in [0.15, 0.2) is 46.2 Å². The van der Waals surface area contributed by atoms with Crippen molar-refractivity contribution in [2.24, 2.45) is 5.10 Å². The zero-order valence-electron chi connectivity index (χ0n) is 11.6. The summed E-state index contributed by atoms with van der Waals surface area (Å²) in [5.74, 6) is 1.57. The van der Waals surface area contributed by atoms with Gasteiger partial charge in [0.15, 0.2) is 0 Å². The second-order valence-corrected chi connectivity index (χ2v) is 4.54. The van der Waals surface area contributed by atoms with Gasteiger partial charge in [-0.2, -0.15) is 5.10 Å². The van der Waals surface area contributed by atoms with Gasteiger partial charge in [-0.1, -0.05) is 0 Å². The molecule has 1 N–H and O–H groups in total. The normalized spacial score (nSPS) is 11.4. The standard InChI is InChI=1S/C15H17N3O2/c1-11(5-7-14-8-6-12(2)20-14)17-18-15(19)13-4-3-9-16-10-13/h3-4,6,8-10H,5,7H2,1-2H3,(H,18,19). The first-order valence-electron chi connectivity index (χ1n) is 6.44. The van der Waals surface area contributed by atoms with Crippen LogP contribution in [-0.2, 0) is 6.42 Å². The Morgan fingerprint density at radius 2 is 2.25 bits per heavy atom. The molecule has 5 nitrogen and oxygen atoms in total. The van der Waals surface area contributed by atoms with Gasteiger partial charge in [0.05, 0.1) is 5.56 Å². The second-order valence-electron chi connectivity index (χ2n) is 4.54. The predicted molar refractivity (Wildman–Crippen MR) is 76.6 cm³/mol. The summed E-state index contributed by atoms with van der Waals surface area (Å²) >= 11 is 0. The molecule has 0 fully saturated rings. The van der Waals surface area contributed by atoms with Crippen molar-refractivity contribution in [2.75, 3.05) is 0 Å². The van der Waals surface area contributed by atoms with Crippen molar-refractivity contribution in [2.45, 2.75) is 26.7 Å². The molecule has 0 bridgehead atoms. The van der Waals surface area contributed by atoms with Gasteiger partial charge in [0, 0.05) is 24.5 Å². The second kappa shape index (κ2) is 6.65. The lowest BCUT2D eigenvalue weighted by atomic mass is 10.2. The molecule has 0 saturated carbocycles. The van der Waals surface area contributed by atoms with Crippen LogP contribution in [0.25, 0.3) is 0 Å². The van der Waals surface area contributed by atoms with Crippen molar-refractivity contribution in [3.05, 3.63) is 53.7 Å². The van der Waals surface area contributed by atoms with Gasteiger partial charge < -0.3 is 4.42 Å². The van der Waals surface area contributed by atoms with Gasteiger partial charge in [0.1, 0.15) is 11.5 Å². The van der Waals surface area contributed by atoms with E-state index in [4.69, 9.17) is 4.42 Å². The number of furan rings is 1. The van der Waals surface area contributed by atoms with E-state index >= 15 is 0 Å². The van der Waals surface area contributed by atoms with Gasteiger partial charge in [0.2, 0.25) is 0 Å². The topological polar surface area (TPSA) is 67.5 Å². The van der Waals surface area contributed by atoms with E-state index < -0.39 is 0 Å².